The maximum atomic E-state index is 11.7. The Morgan fingerprint density at radius 3 is 2.26 bits per heavy atom. The van der Waals surface area contributed by atoms with Gasteiger partial charge in [0.2, 0.25) is 5.91 Å². The van der Waals surface area contributed by atoms with Crippen LogP contribution in [0.3, 0.4) is 0 Å². The van der Waals surface area contributed by atoms with Crippen LogP contribution in [0.1, 0.15) is 53.4 Å². The van der Waals surface area contributed by atoms with Crippen LogP contribution in [0.5, 0.6) is 0 Å². The fourth-order valence-electron chi connectivity index (χ4n) is 2.87. The number of amides is 1. The van der Waals surface area contributed by atoms with Crippen molar-refractivity contribution in [3.63, 3.8) is 0 Å². The molecule has 0 aliphatic heterocycles. The normalized spacial score (nSPS) is 16.8. The molecule has 1 aliphatic carbocycles. The topological polar surface area (TPSA) is 44.4 Å². The summed E-state index contributed by atoms with van der Waals surface area (Å²) in [5.74, 6) is 0.146. The molecular weight excluding hydrogens is 238 g/mol. The Bertz CT molecular complexity index is 252. The number of carbonyl (C=O) groups is 1. The average Bonchev–Trinajstić information content (AvgIpc) is 2.80. The van der Waals surface area contributed by atoms with Crippen molar-refractivity contribution in [1.29, 1.82) is 0 Å². The lowest BCUT2D eigenvalue weighted by Crippen LogP contribution is -2.44. The molecule has 19 heavy (non-hydrogen) atoms. The summed E-state index contributed by atoms with van der Waals surface area (Å²) < 4.78 is 0. The summed E-state index contributed by atoms with van der Waals surface area (Å²) in [5.41, 5.74) is 0. The predicted molar refractivity (Wildman–Crippen MR) is 80.2 cm³/mol. The zero-order valence-corrected chi connectivity index (χ0v) is 13.0. The third kappa shape index (κ3) is 6.39. The Morgan fingerprint density at radius 2 is 1.74 bits per heavy atom. The molecule has 0 aromatic heterocycles. The van der Waals surface area contributed by atoms with Crippen LogP contribution in [-0.4, -0.2) is 48.6 Å². The molecular formula is C15H31N3O. The van der Waals surface area contributed by atoms with Crippen LogP contribution in [0, 0.1) is 0 Å². The highest BCUT2D eigenvalue weighted by Gasteiger charge is 2.17. The van der Waals surface area contributed by atoms with Crippen LogP contribution in [-0.2, 0) is 4.79 Å². The van der Waals surface area contributed by atoms with E-state index in [1.165, 1.54) is 12.8 Å². The molecule has 0 atom stereocenters. The highest BCUT2D eigenvalue weighted by Crippen LogP contribution is 2.17. The monoisotopic (exact) mass is 269 g/mol. The molecule has 1 fully saturated rings. The number of carbonyl (C=O) groups excluding carboxylic acids is 1. The first-order chi connectivity index (χ1) is 9.00. The Balaban J connectivity index is 2.10. The molecule has 1 amide bonds. The summed E-state index contributed by atoms with van der Waals surface area (Å²) in [4.78, 5) is 14.2. The summed E-state index contributed by atoms with van der Waals surface area (Å²) >= 11 is 0. The van der Waals surface area contributed by atoms with E-state index in [4.69, 9.17) is 0 Å². The molecule has 4 nitrogen and oxygen atoms in total. The summed E-state index contributed by atoms with van der Waals surface area (Å²) in [6, 6.07) is 1.53. The zero-order valence-electron chi connectivity index (χ0n) is 13.0. The second-order valence-electron chi connectivity index (χ2n) is 6.15. The van der Waals surface area contributed by atoms with Crippen molar-refractivity contribution in [2.24, 2.45) is 0 Å². The minimum Gasteiger partial charge on any atom is -0.352 e. The highest BCUT2D eigenvalue weighted by atomic mass is 16.1. The number of rotatable bonds is 8. The van der Waals surface area contributed by atoms with Crippen molar-refractivity contribution in [2.75, 3.05) is 19.6 Å². The van der Waals surface area contributed by atoms with Crippen LogP contribution in [0.2, 0.25) is 0 Å². The Kier molecular flexibility index (Phi) is 7.39. The lowest BCUT2D eigenvalue weighted by Gasteiger charge is -2.30. The fourth-order valence-corrected chi connectivity index (χ4v) is 2.87. The van der Waals surface area contributed by atoms with Crippen molar-refractivity contribution in [3.05, 3.63) is 0 Å². The molecule has 0 bridgehead atoms. The third-order valence-corrected chi connectivity index (χ3v) is 3.88. The van der Waals surface area contributed by atoms with Crippen molar-refractivity contribution >= 4 is 5.91 Å². The van der Waals surface area contributed by atoms with Gasteiger partial charge in [0.05, 0.1) is 6.54 Å². The van der Waals surface area contributed by atoms with E-state index in [1.807, 2.05) is 0 Å². The van der Waals surface area contributed by atoms with E-state index in [0.29, 0.717) is 24.7 Å². The fraction of sp³-hybridized carbons (Fsp3) is 0.933. The second-order valence-corrected chi connectivity index (χ2v) is 6.15. The number of hydrogen-bond donors (Lipinski definition) is 2. The average molecular weight is 269 g/mol. The van der Waals surface area contributed by atoms with Gasteiger partial charge in [-0.1, -0.05) is 12.8 Å². The molecule has 112 valence electrons. The first kappa shape index (κ1) is 16.4. The summed E-state index contributed by atoms with van der Waals surface area (Å²) in [7, 11) is 0. The molecule has 0 aromatic rings. The van der Waals surface area contributed by atoms with Gasteiger partial charge in [-0.3, -0.25) is 9.69 Å². The van der Waals surface area contributed by atoms with E-state index in [1.54, 1.807) is 0 Å². The quantitative estimate of drug-likeness (QED) is 0.660. The first-order valence-electron chi connectivity index (χ1n) is 7.76. The molecule has 1 saturated carbocycles. The van der Waals surface area contributed by atoms with Crippen LogP contribution in [0.4, 0.5) is 0 Å². The molecule has 0 heterocycles. The molecule has 0 unspecified atom stereocenters. The number of nitrogens with one attached hydrogen (secondary N) is 2. The lowest BCUT2D eigenvalue weighted by molar-refractivity contribution is -0.120. The van der Waals surface area contributed by atoms with E-state index in [2.05, 4.69) is 43.2 Å². The largest absolute Gasteiger partial charge is 0.352 e. The molecule has 0 aromatic carbocycles. The maximum Gasteiger partial charge on any atom is 0.234 e. The van der Waals surface area contributed by atoms with E-state index >= 15 is 0 Å². The maximum absolute atomic E-state index is 11.7. The molecule has 4 heteroatoms. The zero-order chi connectivity index (χ0) is 14.3. The van der Waals surface area contributed by atoms with Gasteiger partial charge in [-0.2, -0.15) is 0 Å². The Labute approximate surface area is 118 Å². The van der Waals surface area contributed by atoms with E-state index < -0.39 is 0 Å². The van der Waals surface area contributed by atoms with E-state index in [-0.39, 0.29) is 5.91 Å². The standard InChI is InChI=1S/C15H31N3O/c1-12(2)18(13(3)4)10-9-16-11-15(19)17-14-7-5-6-8-14/h12-14,16H,5-11H2,1-4H3,(H,17,19). The summed E-state index contributed by atoms with van der Waals surface area (Å²) in [5, 5.41) is 6.34. The van der Waals surface area contributed by atoms with Gasteiger partial charge in [0.25, 0.3) is 0 Å². The van der Waals surface area contributed by atoms with Gasteiger partial charge in [0.1, 0.15) is 0 Å². The van der Waals surface area contributed by atoms with Gasteiger partial charge in [-0.15, -0.1) is 0 Å². The molecule has 1 aliphatic rings. The van der Waals surface area contributed by atoms with Crippen LogP contribution < -0.4 is 10.6 Å². The Morgan fingerprint density at radius 1 is 1.16 bits per heavy atom. The van der Waals surface area contributed by atoms with Crippen molar-refractivity contribution in [1.82, 2.24) is 15.5 Å². The second kappa shape index (κ2) is 8.54. The number of hydrogen-bond acceptors (Lipinski definition) is 3. The SMILES string of the molecule is CC(C)N(CCNCC(=O)NC1CCCC1)C(C)C. The van der Waals surface area contributed by atoms with Crippen molar-refractivity contribution in [3.8, 4) is 0 Å². The minimum absolute atomic E-state index is 0.146. The van der Waals surface area contributed by atoms with Crippen LogP contribution in [0.15, 0.2) is 0 Å². The molecule has 2 N–H and O–H groups in total. The smallest absolute Gasteiger partial charge is 0.234 e. The molecule has 1 rings (SSSR count). The molecule has 0 spiro atoms. The lowest BCUT2D eigenvalue weighted by atomic mass is 10.2. The Hall–Kier alpha value is -0.610. The van der Waals surface area contributed by atoms with Gasteiger partial charge >= 0.3 is 0 Å². The van der Waals surface area contributed by atoms with Gasteiger partial charge in [-0.25, -0.2) is 0 Å². The van der Waals surface area contributed by atoms with E-state index in [0.717, 1.165) is 25.9 Å². The molecule has 0 saturated heterocycles. The summed E-state index contributed by atoms with van der Waals surface area (Å²) in [6.45, 7) is 11.2. The molecule has 0 radical (unpaired) electrons. The van der Waals surface area contributed by atoms with Crippen molar-refractivity contribution in [2.45, 2.75) is 71.5 Å². The predicted octanol–water partition coefficient (Wildman–Crippen LogP) is 1.75. The highest BCUT2D eigenvalue weighted by molar-refractivity contribution is 5.78. The van der Waals surface area contributed by atoms with Gasteiger partial charge in [0.15, 0.2) is 0 Å². The van der Waals surface area contributed by atoms with Gasteiger partial charge in [-0.05, 0) is 40.5 Å². The van der Waals surface area contributed by atoms with E-state index in [9.17, 15) is 4.79 Å². The van der Waals surface area contributed by atoms with Gasteiger partial charge < -0.3 is 10.6 Å². The summed E-state index contributed by atoms with van der Waals surface area (Å²) in [6.07, 6.45) is 4.83. The van der Waals surface area contributed by atoms with Gasteiger partial charge in [0, 0.05) is 31.2 Å². The van der Waals surface area contributed by atoms with Crippen LogP contribution in [0.25, 0.3) is 0 Å². The first-order valence-corrected chi connectivity index (χ1v) is 7.76. The minimum atomic E-state index is 0.146. The number of nitrogens with zero attached hydrogens (tertiary/aromatic N) is 1. The van der Waals surface area contributed by atoms with Crippen molar-refractivity contribution < 1.29 is 4.79 Å². The van der Waals surface area contributed by atoms with Crippen LogP contribution >= 0.6 is 0 Å². The third-order valence-electron chi connectivity index (χ3n) is 3.88.